The number of nitrogen functional groups attached to an aromatic ring is 1. The van der Waals surface area contributed by atoms with Crippen LogP contribution in [0.1, 0.15) is 0 Å². The zero-order chi connectivity index (χ0) is 12.4. The van der Waals surface area contributed by atoms with E-state index >= 15 is 0 Å². The Morgan fingerprint density at radius 1 is 1.06 bits per heavy atom. The molecule has 0 aliphatic carbocycles. The van der Waals surface area contributed by atoms with Crippen LogP contribution in [-0.4, -0.2) is 7.11 Å². The average molecular weight is 235 g/mol. The molecule has 0 aromatic heterocycles. The van der Waals surface area contributed by atoms with Crippen molar-refractivity contribution in [1.82, 2.24) is 0 Å². The third-order valence-corrected chi connectivity index (χ3v) is 2.47. The van der Waals surface area contributed by atoms with Gasteiger partial charge in [0, 0.05) is 5.56 Å². The smallest absolute Gasteiger partial charge is 0.146 e. The van der Waals surface area contributed by atoms with Gasteiger partial charge in [0.2, 0.25) is 0 Å². The van der Waals surface area contributed by atoms with Crippen molar-refractivity contribution in [3.05, 3.63) is 48.0 Å². The summed E-state index contributed by atoms with van der Waals surface area (Å²) in [5, 5.41) is 0. The van der Waals surface area contributed by atoms with E-state index in [0.717, 1.165) is 0 Å². The van der Waals surface area contributed by atoms with Gasteiger partial charge in [-0.1, -0.05) is 6.07 Å². The summed E-state index contributed by atoms with van der Waals surface area (Å²) < 4.78 is 31.6. The number of nitrogens with two attached hydrogens (primary N) is 1. The van der Waals surface area contributed by atoms with Crippen molar-refractivity contribution in [2.75, 3.05) is 12.8 Å². The number of hydrogen-bond donors (Lipinski definition) is 1. The van der Waals surface area contributed by atoms with Crippen molar-refractivity contribution in [3.63, 3.8) is 0 Å². The molecule has 0 aliphatic rings. The first-order valence-corrected chi connectivity index (χ1v) is 5.01. The van der Waals surface area contributed by atoms with Crippen molar-refractivity contribution >= 4 is 5.69 Å². The normalized spacial score (nSPS) is 10.3. The number of methoxy groups -OCH3 is 1. The topological polar surface area (TPSA) is 35.2 Å². The third-order valence-electron chi connectivity index (χ3n) is 2.47. The van der Waals surface area contributed by atoms with Crippen LogP contribution < -0.4 is 10.5 Å². The molecule has 0 amide bonds. The van der Waals surface area contributed by atoms with Crippen molar-refractivity contribution in [3.8, 4) is 16.9 Å². The van der Waals surface area contributed by atoms with Gasteiger partial charge in [0.1, 0.15) is 17.4 Å². The van der Waals surface area contributed by atoms with Gasteiger partial charge in [-0.3, -0.25) is 0 Å². The average Bonchev–Trinajstić information content (AvgIpc) is 2.32. The minimum absolute atomic E-state index is 0.0594. The van der Waals surface area contributed by atoms with Gasteiger partial charge in [-0.2, -0.15) is 0 Å². The van der Waals surface area contributed by atoms with E-state index in [0.29, 0.717) is 16.9 Å². The molecule has 0 aliphatic heterocycles. The van der Waals surface area contributed by atoms with Gasteiger partial charge < -0.3 is 10.5 Å². The van der Waals surface area contributed by atoms with Gasteiger partial charge >= 0.3 is 0 Å². The van der Waals surface area contributed by atoms with E-state index in [9.17, 15) is 8.78 Å². The number of ether oxygens (including phenoxy) is 1. The number of anilines is 1. The molecule has 88 valence electrons. The quantitative estimate of drug-likeness (QED) is 0.811. The molecule has 0 bridgehead atoms. The van der Waals surface area contributed by atoms with Crippen molar-refractivity contribution in [2.45, 2.75) is 0 Å². The van der Waals surface area contributed by atoms with Crippen molar-refractivity contribution in [2.24, 2.45) is 0 Å². The Balaban J connectivity index is 2.58. The minimum Gasteiger partial charge on any atom is -0.496 e. The van der Waals surface area contributed by atoms with Crippen LogP contribution in [0, 0.1) is 11.6 Å². The molecule has 0 fully saturated rings. The highest BCUT2D eigenvalue weighted by atomic mass is 19.1. The summed E-state index contributed by atoms with van der Waals surface area (Å²) in [6.07, 6.45) is 0. The van der Waals surface area contributed by atoms with Crippen LogP contribution in [0.25, 0.3) is 11.1 Å². The second kappa shape index (κ2) is 4.41. The van der Waals surface area contributed by atoms with Gasteiger partial charge in [0.05, 0.1) is 12.8 Å². The predicted octanol–water partition coefficient (Wildman–Crippen LogP) is 3.22. The molecule has 2 nitrogen and oxygen atoms in total. The molecule has 2 N–H and O–H groups in total. The van der Waals surface area contributed by atoms with Gasteiger partial charge in [0.25, 0.3) is 0 Å². The fourth-order valence-corrected chi connectivity index (χ4v) is 1.60. The Kier molecular flexibility index (Phi) is 2.95. The Labute approximate surface area is 97.6 Å². The first-order chi connectivity index (χ1) is 8.11. The zero-order valence-electron chi connectivity index (χ0n) is 9.21. The van der Waals surface area contributed by atoms with Gasteiger partial charge in [0.15, 0.2) is 0 Å². The van der Waals surface area contributed by atoms with Crippen LogP contribution in [0.2, 0.25) is 0 Å². The lowest BCUT2D eigenvalue weighted by atomic mass is 10.0. The molecule has 2 aromatic rings. The van der Waals surface area contributed by atoms with Crippen LogP contribution in [0.4, 0.5) is 14.5 Å². The maximum atomic E-state index is 13.3. The second-order valence-corrected chi connectivity index (χ2v) is 3.58. The van der Waals surface area contributed by atoms with Crippen molar-refractivity contribution < 1.29 is 13.5 Å². The van der Waals surface area contributed by atoms with E-state index in [1.807, 2.05) is 0 Å². The Hall–Kier alpha value is -2.10. The molecular formula is C13H11F2NO. The van der Waals surface area contributed by atoms with Gasteiger partial charge in [-0.15, -0.1) is 0 Å². The van der Waals surface area contributed by atoms with Gasteiger partial charge in [-0.25, -0.2) is 8.78 Å². The third kappa shape index (κ3) is 2.20. The molecule has 0 saturated heterocycles. The number of benzene rings is 2. The zero-order valence-corrected chi connectivity index (χ0v) is 9.21. The lowest BCUT2D eigenvalue weighted by molar-refractivity contribution is 0.415. The molecule has 0 heterocycles. The molecule has 4 heteroatoms. The molecular weight excluding hydrogens is 224 g/mol. The largest absolute Gasteiger partial charge is 0.496 e. The summed E-state index contributed by atoms with van der Waals surface area (Å²) in [5.74, 6) is -0.456. The molecule has 0 atom stereocenters. The van der Waals surface area contributed by atoms with Crippen LogP contribution >= 0.6 is 0 Å². The maximum Gasteiger partial charge on any atom is 0.146 e. The molecule has 17 heavy (non-hydrogen) atoms. The summed E-state index contributed by atoms with van der Waals surface area (Å²) in [7, 11) is 1.48. The Morgan fingerprint density at radius 2 is 1.82 bits per heavy atom. The van der Waals surface area contributed by atoms with E-state index in [-0.39, 0.29) is 5.69 Å². The van der Waals surface area contributed by atoms with E-state index in [1.165, 1.54) is 37.4 Å². The van der Waals surface area contributed by atoms with E-state index in [4.69, 9.17) is 10.5 Å². The van der Waals surface area contributed by atoms with Crippen LogP contribution in [0.5, 0.6) is 5.75 Å². The Morgan fingerprint density at radius 3 is 2.47 bits per heavy atom. The van der Waals surface area contributed by atoms with E-state index in [1.54, 1.807) is 6.07 Å². The molecule has 2 rings (SSSR count). The fraction of sp³-hybridized carbons (Fsp3) is 0.0769. The fourth-order valence-electron chi connectivity index (χ4n) is 1.60. The first kappa shape index (κ1) is 11.4. The van der Waals surface area contributed by atoms with Gasteiger partial charge in [-0.05, 0) is 35.9 Å². The summed E-state index contributed by atoms with van der Waals surface area (Å²) in [6.45, 7) is 0. The highest BCUT2D eigenvalue weighted by molar-refractivity contribution is 5.72. The number of rotatable bonds is 2. The van der Waals surface area contributed by atoms with E-state index in [2.05, 4.69) is 0 Å². The summed E-state index contributed by atoms with van der Waals surface area (Å²) in [6, 6.07) is 8.40. The highest BCUT2D eigenvalue weighted by Crippen LogP contribution is 2.31. The standard InChI is InChI=1S/C13H11F2NO/c1-17-13-5-3-9(14)7-10(13)8-2-4-12(16)11(15)6-8/h2-7H,16H2,1H3. The minimum atomic E-state index is -0.534. The van der Waals surface area contributed by atoms with Crippen LogP contribution in [0.15, 0.2) is 36.4 Å². The summed E-state index contributed by atoms with van der Waals surface area (Å²) in [4.78, 5) is 0. The molecule has 0 spiro atoms. The Bertz CT molecular complexity index is 555. The summed E-state index contributed by atoms with van der Waals surface area (Å²) in [5.41, 5.74) is 6.46. The van der Waals surface area contributed by atoms with Crippen molar-refractivity contribution in [1.29, 1.82) is 0 Å². The second-order valence-electron chi connectivity index (χ2n) is 3.58. The molecule has 0 unspecified atom stereocenters. The SMILES string of the molecule is COc1ccc(F)cc1-c1ccc(N)c(F)c1. The molecule has 0 radical (unpaired) electrons. The lowest BCUT2D eigenvalue weighted by Crippen LogP contribution is -1.93. The van der Waals surface area contributed by atoms with Crippen LogP contribution in [0.3, 0.4) is 0 Å². The maximum absolute atomic E-state index is 13.3. The summed E-state index contributed by atoms with van der Waals surface area (Å²) >= 11 is 0. The number of halogens is 2. The molecule has 2 aromatic carbocycles. The van der Waals surface area contributed by atoms with Crippen LogP contribution in [-0.2, 0) is 0 Å². The monoisotopic (exact) mass is 235 g/mol. The predicted molar refractivity (Wildman–Crippen MR) is 62.8 cm³/mol. The van der Waals surface area contributed by atoms with E-state index < -0.39 is 11.6 Å². The first-order valence-electron chi connectivity index (χ1n) is 5.01. The molecule has 0 saturated carbocycles. The lowest BCUT2D eigenvalue weighted by Gasteiger charge is -2.09. The number of hydrogen-bond acceptors (Lipinski definition) is 2. The highest BCUT2D eigenvalue weighted by Gasteiger charge is 2.09.